The van der Waals surface area contributed by atoms with Crippen LogP contribution in [0.5, 0.6) is 0 Å². The van der Waals surface area contributed by atoms with E-state index in [9.17, 15) is 0 Å². The van der Waals surface area contributed by atoms with E-state index in [0.717, 1.165) is 24.1 Å². The van der Waals surface area contributed by atoms with Crippen LogP contribution in [0.25, 0.3) is 0 Å². The molecule has 11 heavy (non-hydrogen) atoms. The first-order chi connectivity index (χ1) is 5.20. The zero-order valence-electron chi connectivity index (χ0n) is 6.72. The van der Waals surface area contributed by atoms with Crippen molar-refractivity contribution in [2.45, 2.75) is 0 Å². The van der Waals surface area contributed by atoms with Gasteiger partial charge in [-0.25, -0.2) is 0 Å². The summed E-state index contributed by atoms with van der Waals surface area (Å²) in [6.07, 6.45) is 3.75. The molecule has 0 N–H and O–H groups in total. The van der Waals surface area contributed by atoms with Crippen LogP contribution in [0, 0.1) is 0 Å². The van der Waals surface area contributed by atoms with E-state index >= 15 is 0 Å². The second-order valence-corrected chi connectivity index (χ2v) is 3.41. The van der Waals surface area contributed by atoms with E-state index < -0.39 is 0 Å². The zero-order chi connectivity index (χ0) is 8.69. The first-order valence-corrected chi connectivity index (χ1v) is 4.27. The van der Waals surface area contributed by atoms with E-state index in [-0.39, 0.29) is 0 Å². The minimum Gasteiger partial charge on any atom is -0.291 e. The second-order valence-electron chi connectivity index (χ2n) is 2.29. The summed E-state index contributed by atoms with van der Waals surface area (Å²) in [5, 5.41) is 0. The highest BCUT2D eigenvalue weighted by Gasteiger charge is 1.99. The zero-order valence-corrected chi connectivity index (χ0v) is 8.31. The smallest absolute Gasteiger partial charge is 0.0300 e. The van der Waals surface area contributed by atoms with Gasteiger partial charge in [0.2, 0.25) is 0 Å². The summed E-state index contributed by atoms with van der Waals surface area (Å²) in [6.45, 7) is 13.7. The Balaban J connectivity index is 3.76. The van der Waals surface area contributed by atoms with Gasteiger partial charge in [0.05, 0.1) is 0 Å². The minimum atomic E-state index is 0.845. The van der Waals surface area contributed by atoms with Crippen molar-refractivity contribution < 1.29 is 0 Å². The molecule has 0 saturated carbocycles. The summed E-state index contributed by atoms with van der Waals surface area (Å²) >= 11 is 3.31. The molecule has 0 unspecified atom stereocenters. The van der Waals surface area contributed by atoms with Gasteiger partial charge in [-0.3, -0.25) is 4.90 Å². The molecule has 62 valence electrons. The Morgan fingerprint density at radius 3 is 2.00 bits per heavy atom. The van der Waals surface area contributed by atoms with Gasteiger partial charge in [-0.05, 0) is 0 Å². The average Bonchev–Trinajstić information content (AvgIpc) is 1.87. The van der Waals surface area contributed by atoms with E-state index in [1.807, 2.05) is 12.2 Å². The van der Waals surface area contributed by atoms with Crippen LogP contribution in [-0.2, 0) is 0 Å². The quantitative estimate of drug-likeness (QED) is 0.617. The van der Waals surface area contributed by atoms with E-state index in [1.165, 1.54) is 0 Å². The van der Waals surface area contributed by atoms with E-state index in [1.54, 1.807) is 0 Å². The molecule has 0 radical (unpaired) electrons. The normalized spacial score (nSPS) is 9.64. The molecule has 0 aromatic heterocycles. The Hall–Kier alpha value is -0.340. The molecule has 0 amide bonds. The number of rotatable bonds is 6. The van der Waals surface area contributed by atoms with Crippen LogP contribution in [0.4, 0.5) is 0 Å². The van der Waals surface area contributed by atoms with E-state index in [0.29, 0.717) is 0 Å². The third-order valence-electron chi connectivity index (χ3n) is 1.17. The summed E-state index contributed by atoms with van der Waals surface area (Å²) in [7, 11) is 0. The van der Waals surface area contributed by atoms with Crippen molar-refractivity contribution in [3.8, 4) is 0 Å². The largest absolute Gasteiger partial charge is 0.291 e. The van der Waals surface area contributed by atoms with E-state index in [4.69, 9.17) is 0 Å². The van der Waals surface area contributed by atoms with E-state index in [2.05, 4.69) is 40.6 Å². The number of hydrogen-bond acceptors (Lipinski definition) is 1. The van der Waals surface area contributed by atoms with Crippen LogP contribution in [0.15, 0.2) is 36.4 Å². The molecule has 0 aromatic rings. The lowest BCUT2D eigenvalue weighted by atomic mass is 10.4. The molecule has 2 heteroatoms. The number of nitrogens with zero attached hydrogens (tertiary/aromatic N) is 1. The second kappa shape index (κ2) is 6.38. The van der Waals surface area contributed by atoms with Crippen molar-refractivity contribution in [2.24, 2.45) is 0 Å². The summed E-state index contributed by atoms with van der Waals surface area (Å²) in [4.78, 5) is 2.18. The maximum absolute atomic E-state index is 3.77. The van der Waals surface area contributed by atoms with Gasteiger partial charge in [-0.1, -0.05) is 34.7 Å². The molecule has 0 heterocycles. The molecule has 1 nitrogen and oxygen atoms in total. The number of hydrogen-bond donors (Lipinski definition) is 0. The third kappa shape index (κ3) is 6.07. The molecule has 0 saturated heterocycles. The fourth-order valence-corrected chi connectivity index (χ4v) is 1.17. The summed E-state index contributed by atoms with van der Waals surface area (Å²) in [5.74, 6) is 0. The fraction of sp³-hybridized carbons (Fsp3) is 0.333. The van der Waals surface area contributed by atoms with Crippen LogP contribution in [0.3, 0.4) is 0 Å². The van der Waals surface area contributed by atoms with Gasteiger partial charge in [-0.2, -0.15) is 0 Å². The molecular formula is C9H14BrN. The van der Waals surface area contributed by atoms with Crippen molar-refractivity contribution in [1.82, 2.24) is 4.90 Å². The van der Waals surface area contributed by atoms with Gasteiger partial charge in [0, 0.05) is 24.1 Å². The predicted octanol–water partition coefficient (Wildman–Crippen LogP) is 2.57. The molecule has 0 aliphatic rings. The van der Waals surface area contributed by atoms with Crippen molar-refractivity contribution in [3.63, 3.8) is 0 Å². The lowest BCUT2D eigenvalue weighted by Gasteiger charge is -2.17. The van der Waals surface area contributed by atoms with Crippen LogP contribution >= 0.6 is 15.9 Å². The lowest BCUT2D eigenvalue weighted by Crippen LogP contribution is -2.24. The SMILES string of the molecule is C=CCN(CC=C)CC(=C)Br. The first kappa shape index (κ1) is 10.7. The molecular weight excluding hydrogens is 202 g/mol. The van der Waals surface area contributed by atoms with Crippen LogP contribution in [-0.4, -0.2) is 24.5 Å². The van der Waals surface area contributed by atoms with Gasteiger partial charge < -0.3 is 0 Å². The Bertz CT molecular complexity index is 142. The Labute approximate surface area is 77.2 Å². The standard InChI is InChI=1S/C9H14BrN/c1-4-6-11(7-5-2)8-9(3)10/h4-5H,1-3,6-8H2. The molecule has 0 aliphatic carbocycles. The maximum Gasteiger partial charge on any atom is 0.0300 e. The molecule has 0 aliphatic heterocycles. The topological polar surface area (TPSA) is 3.24 Å². The minimum absolute atomic E-state index is 0.845. The van der Waals surface area contributed by atoms with Crippen molar-refractivity contribution in [2.75, 3.05) is 19.6 Å². The van der Waals surface area contributed by atoms with Gasteiger partial charge in [0.25, 0.3) is 0 Å². The predicted molar refractivity (Wildman–Crippen MR) is 54.9 cm³/mol. The fourth-order valence-electron chi connectivity index (χ4n) is 0.811. The summed E-state index contributed by atoms with van der Waals surface area (Å²) in [5.41, 5.74) is 0. The molecule has 0 spiro atoms. The molecule has 0 atom stereocenters. The molecule has 0 bridgehead atoms. The Morgan fingerprint density at radius 1 is 1.27 bits per heavy atom. The van der Waals surface area contributed by atoms with Crippen molar-refractivity contribution in [3.05, 3.63) is 36.4 Å². The Morgan fingerprint density at radius 2 is 1.73 bits per heavy atom. The van der Waals surface area contributed by atoms with Crippen molar-refractivity contribution >= 4 is 15.9 Å². The molecule has 0 aromatic carbocycles. The summed E-state index contributed by atoms with van der Waals surface area (Å²) in [6, 6.07) is 0. The van der Waals surface area contributed by atoms with Crippen molar-refractivity contribution in [1.29, 1.82) is 0 Å². The lowest BCUT2D eigenvalue weighted by molar-refractivity contribution is 0.371. The first-order valence-electron chi connectivity index (χ1n) is 3.48. The highest BCUT2D eigenvalue weighted by molar-refractivity contribution is 9.11. The molecule has 0 rings (SSSR count). The summed E-state index contributed by atoms with van der Waals surface area (Å²) < 4.78 is 0.987. The monoisotopic (exact) mass is 215 g/mol. The van der Waals surface area contributed by atoms with Crippen LogP contribution in [0.2, 0.25) is 0 Å². The highest BCUT2D eigenvalue weighted by Crippen LogP contribution is 2.03. The van der Waals surface area contributed by atoms with Crippen LogP contribution in [0.1, 0.15) is 0 Å². The van der Waals surface area contributed by atoms with Crippen LogP contribution < -0.4 is 0 Å². The molecule has 0 fully saturated rings. The van der Waals surface area contributed by atoms with Gasteiger partial charge in [0.15, 0.2) is 0 Å². The average molecular weight is 216 g/mol. The number of halogens is 1. The Kier molecular flexibility index (Phi) is 6.18. The van der Waals surface area contributed by atoms with Gasteiger partial charge in [-0.15, -0.1) is 13.2 Å². The van der Waals surface area contributed by atoms with Gasteiger partial charge >= 0.3 is 0 Å². The highest BCUT2D eigenvalue weighted by atomic mass is 79.9. The third-order valence-corrected chi connectivity index (χ3v) is 1.42. The maximum atomic E-state index is 3.77. The van der Waals surface area contributed by atoms with Gasteiger partial charge in [0.1, 0.15) is 0 Å².